The van der Waals surface area contributed by atoms with E-state index in [1.54, 1.807) is 0 Å². The Kier molecular flexibility index (Phi) is 12.4. The van der Waals surface area contributed by atoms with Crippen LogP contribution in [0.25, 0.3) is 0 Å². The number of unbranched alkanes of at least 4 members (excludes halogenated alkanes) is 6. The quantitative estimate of drug-likeness (QED) is 0.375. The third-order valence-electron chi connectivity index (χ3n) is 5.28. The van der Waals surface area contributed by atoms with Crippen molar-refractivity contribution in [2.24, 2.45) is 5.41 Å². The van der Waals surface area contributed by atoms with Crippen LogP contribution >= 0.6 is 0 Å². The van der Waals surface area contributed by atoms with Crippen LogP contribution in [-0.4, -0.2) is 41.7 Å². The highest BCUT2D eigenvalue weighted by Gasteiger charge is 2.29. The molecule has 0 spiro atoms. The molecule has 0 heterocycles. The van der Waals surface area contributed by atoms with E-state index in [4.69, 9.17) is 4.74 Å². The first-order chi connectivity index (χ1) is 13.1. The number of aliphatic hydroxyl groups excluding tert-OH is 3. The monoisotopic (exact) mass is 380 g/mol. The summed E-state index contributed by atoms with van der Waals surface area (Å²) in [7, 11) is 0. The summed E-state index contributed by atoms with van der Waals surface area (Å²) in [5.74, 6) is 0.809. The van der Waals surface area contributed by atoms with Crippen LogP contribution in [0.3, 0.4) is 0 Å². The molecule has 0 bridgehead atoms. The summed E-state index contributed by atoms with van der Waals surface area (Å²) >= 11 is 0. The van der Waals surface area contributed by atoms with E-state index in [2.05, 4.69) is 26.0 Å². The maximum atomic E-state index is 9.51. The van der Waals surface area contributed by atoms with Crippen molar-refractivity contribution in [1.82, 2.24) is 0 Å². The average Bonchev–Trinajstić information content (AvgIpc) is 2.71. The van der Waals surface area contributed by atoms with Gasteiger partial charge in [-0.2, -0.15) is 0 Å². The van der Waals surface area contributed by atoms with Crippen LogP contribution in [-0.2, 0) is 12.8 Å². The minimum absolute atomic E-state index is 0.105. The molecule has 0 aliphatic heterocycles. The summed E-state index contributed by atoms with van der Waals surface area (Å²) in [5.41, 5.74) is 1.54. The lowest BCUT2D eigenvalue weighted by Crippen LogP contribution is -2.39. The standard InChI is InChI=1S/C23H40O4/c1-3-5-7-9-11-20-13-14-22(21(15-20)12-10-8-6-4-2)27-19-23(16-24,17-25)18-26/h13-15,24-26H,3-12,16-19H2,1-2H3. The number of hydrogen-bond donors (Lipinski definition) is 3. The number of aliphatic hydroxyl groups is 3. The molecule has 1 aromatic rings. The van der Waals surface area contributed by atoms with Gasteiger partial charge in [0.15, 0.2) is 0 Å². The van der Waals surface area contributed by atoms with Crippen LogP contribution in [0, 0.1) is 5.41 Å². The van der Waals surface area contributed by atoms with Gasteiger partial charge in [0.05, 0.1) is 25.2 Å². The summed E-state index contributed by atoms with van der Waals surface area (Å²) in [6.45, 7) is 3.63. The van der Waals surface area contributed by atoms with E-state index in [9.17, 15) is 15.3 Å². The summed E-state index contributed by atoms with van der Waals surface area (Å²) in [6.07, 6.45) is 11.9. The second kappa shape index (κ2) is 14.0. The molecule has 0 aliphatic rings. The lowest BCUT2D eigenvalue weighted by molar-refractivity contribution is -0.0260. The maximum Gasteiger partial charge on any atom is 0.122 e. The predicted molar refractivity (Wildman–Crippen MR) is 111 cm³/mol. The van der Waals surface area contributed by atoms with Gasteiger partial charge < -0.3 is 20.1 Å². The van der Waals surface area contributed by atoms with Crippen molar-refractivity contribution in [3.05, 3.63) is 29.3 Å². The highest BCUT2D eigenvalue weighted by molar-refractivity contribution is 5.37. The van der Waals surface area contributed by atoms with Crippen LogP contribution in [0.1, 0.15) is 76.3 Å². The fraction of sp³-hybridized carbons (Fsp3) is 0.739. The van der Waals surface area contributed by atoms with Crippen molar-refractivity contribution in [2.45, 2.75) is 78.1 Å². The van der Waals surface area contributed by atoms with Gasteiger partial charge in [-0.1, -0.05) is 64.5 Å². The molecule has 4 nitrogen and oxygen atoms in total. The molecule has 1 rings (SSSR count). The first kappa shape index (κ1) is 23.9. The van der Waals surface area contributed by atoms with E-state index >= 15 is 0 Å². The van der Waals surface area contributed by atoms with Gasteiger partial charge in [0.1, 0.15) is 12.4 Å². The normalized spacial score (nSPS) is 11.7. The molecule has 0 aromatic heterocycles. The highest BCUT2D eigenvalue weighted by atomic mass is 16.5. The van der Waals surface area contributed by atoms with Crippen molar-refractivity contribution in [3.63, 3.8) is 0 Å². The molecular formula is C23H40O4. The first-order valence-corrected chi connectivity index (χ1v) is 10.7. The molecule has 0 amide bonds. The molecule has 156 valence electrons. The minimum Gasteiger partial charge on any atom is -0.492 e. The Labute approximate surface area is 165 Å². The number of ether oxygens (including phenoxy) is 1. The van der Waals surface area contributed by atoms with E-state index in [1.165, 1.54) is 56.1 Å². The zero-order valence-corrected chi connectivity index (χ0v) is 17.4. The Balaban J connectivity index is 2.79. The average molecular weight is 381 g/mol. The van der Waals surface area contributed by atoms with Gasteiger partial charge in [-0.25, -0.2) is 0 Å². The van der Waals surface area contributed by atoms with Gasteiger partial charge in [-0.3, -0.25) is 0 Å². The topological polar surface area (TPSA) is 69.9 Å². The van der Waals surface area contributed by atoms with E-state index in [-0.39, 0.29) is 26.4 Å². The summed E-state index contributed by atoms with van der Waals surface area (Å²) in [6, 6.07) is 6.39. The first-order valence-electron chi connectivity index (χ1n) is 10.7. The zero-order valence-electron chi connectivity index (χ0n) is 17.4. The number of hydrogen-bond acceptors (Lipinski definition) is 4. The maximum absolute atomic E-state index is 9.51. The fourth-order valence-corrected chi connectivity index (χ4v) is 3.14. The smallest absolute Gasteiger partial charge is 0.122 e. The number of benzene rings is 1. The summed E-state index contributed by atoms with van der Waals surface area (Å²) < 4.78 is 5.95. The van der Waals surface area contributed by atoms with E-state index in [0.29, 0.717) is 0 Å². The largest absolute Gasteiger partial charge is 0.492 e. The van der Waals surface area contributed by atoms with Crippen molar-refractivity contribution in [1.29, 1.82) is 0 Å². The van der Waals surface area contributed by atoms with Crippen LogP contribution in [0.4, 0.5) is 0 Å². The lowest BCUT2D eigenvalue weighted by atomic mass is 9.92. The molecule has 0 aliphatic carbocycles. The van der Waals surface area contributed by atoms with Gasteiger partial charge in [-0.05, 0) is 42.9 Å². The SMILES string of the molecule is CCCCCCc1ccc(OCC(CO)(CO)CO)c(CCCCCC)c1. The second-order valence-electron chi connectivity index (χ2n) is 7.83. The fourth-order valence-electron chi connectivity index (χ4n) is 3.14. The Bertz CT molecular complexity index is 489. The van der Waals surface area contributed by atoms with Crippen LogP contribution in [0.2, 0.25) is 0 Å². The van der Waals surface area contributed by atoms with Crippen molar-refractivity contribution in [2.75, 3.05) is 26.4 Å². The van der Waals surface area contributed by atoms with Gasteiger partial charge in [0, 0.05) is 0 Å². The molecule has 1 aromatic carbocycles. The Morgan fingerprint density at radius 1 is 0.778 bits per heavy atom. The molecule has 3 N–H and O–H groups in total. The van der Waals surface area contributed by atoms with Crippen molar-refractivity contribution < 1.29 is 20.1 Å². The van der Waals surface area contributed by atoms with Gasteiger partial charge >= 0.3 is 0 Å². The lowest BCUT2D eigenvalue weighted by Gasteiger charge is -2.27. The molecule has 0 saturated heterocycles. The minimum atomic E-state index is -1.00. The van der Waals surface area contributed by atoms with E-state index in [1.807, 2.05) is 6.07 Å². The summed E-state index contributed by atoms with van der Waals surface area (Å²) in [5, 5.41) is 28.5. The molecule has 0 fully saturated rings. The molecule has 4 heteroatoms. The summed E-state index contributed by atoms with van der Waals surface area (Å²) in [4.78, 5) is 0. The van der Waals surface area contributed by atoms with Crippen LogP contribution in [0.5, 0.6) is 5.75 Å². The van der Waals surface area contributed by atoms with Crippen LogP contribution in [0.15, 0.2) is 18.2 Å². The number of aryl methyl sites for hydroxylation is 2. The molecule has 27 heavy (non-hydrogen) atoms. The van der Waals surface area contributed by atoms with Crippen molar-refractivity contribution >= 4 is 0 Å². The van der Waals surface area contributed by atoms with Crippen LogP contribution < -0.4 is 4.74 Å². The molecule has 0 radical (unpaired) electrons. The highest BCUT2D eigenvalue weighted by Crippen LogP contribution is 2.26. The number of rotatable bonds is 16. The third-order valence-corrected chi connectivity index (χ3v) is 5.28. The molecule has 0 saturated carbocycles. The predicted octanol–water partition coefficient (Wildman–Crippen LogP) is 4.27. The van der Waals surface area contributed by atoms with Crippen molar-refractivity contribution in [3.8, 4) is 5.75 Å². The van der Waals surface area contributed by atoms with Gasteiger partial charge in [-0.15, -0.1) is 0 Å². The Hall–Kier alpha value is -1.10. The Morgan fingerprint density at radius 3 is 1.93 bits per heavy atom. The third kappa shape index (κ3) is 8.63. The Morgan fingerprint density at radius 2 is 1.37 bits per heavy atom. The van der Waals surface area contributed by atoms with Gasteiger partial charge in [0.2, 0.25) is 0 Å². The second-order valence-corrected chi connectivity index (χ2v) is 7.83. The van der Waals surface area contributed by atoms with E-state index in [0.717, 1.165) is 25.0 Å². The molecule has 0 unspecified atom stereocenters. The van der Waals surface area contributed by atoms with Gasteiger partial charge in [0.25, 0.3) is 0 Å². The van der Waals surface area contributed by atoms with E-state index < -0.39 is 5.41 Å². The molecular weight excluding hydrogens is 340 g/mol. The molecule has 0 atom stereocenters. The zero-order chi connectivity index (χ0) is 20.0.